The molecule has 0 radical (unpaired) electrons. The molecular formula is C15H27N3O. The van der Waals surface area contributed by atoms with Gasteiger partial charge in [-0.25, -0.2) is 0 Å². The first-order valence-corrected chi connectivity index (χ1v) is 8.02. The third kappa shape index (κ3) is 3.29. The second kappa shape index (κ2) is 5.80. The minimum atomic E-state index is 0.0461. The Hall–Kier alpha value is -0.610. The van der Waals surface area contributed by atoms with Crippen molar-refractivity contribution in [2.24, 2.45) is 5.92 Å². The number of rotatable bonds is 4. The van der Waals surface area contributed by atoms with Crippen LogP contribution >= 0.6 is 0 Å². The average Bonchev–Trinajstić information content (AvgIpc) is 3.08. The fourth-order valence-electron chi connectivity index (χ4n) is 3.55. The van der Waals surface area contributed by atoms with Gasteiger partial charge >= 0.3 is 0 Å². The molecule has 2 saturated heterocycles. The van der Waals surface area contributed by atoms with Crippen molar-refractivity contribution in [2.75, 3.05) is 19.6 Å². The van der Waals surface area contributed by atoms with Gasteiger partial charge in [-0.3, -0.25) is 9.69 Å². The summed E-state index contributed by atoms with van der Waals surface area (Å²) in [5.41, 5.74) is 0. The molecule has 0 spiro atoms. The van der Waals surface area contributed by atoms with Gasteiger partial charge in [0.15, 0.2) is 0 Å². The first-order valence-electron chi connectivity index (χ1n) is 8.02. The number of likely N-dealkylation sites (tertiary alicyclic amines) is 1. The highest BCUT2D eigenvalue weighted by atomic mass is 16.2. The molecule has 1 amide bonds. The molecule has 3 atom stereocenters. The maximum atomic E-state index is 12.2. The van der Waals surface area contributed by atoms with Crippen molar-refractivity contribution in [1.29, 1.82) is 0 Å². The number of hydrogen-bond acceptors (Lipinski definition) is 3. The fraction of sp³-hybridized carbons (Fsp3) is 0.933. The van der Waals surface area contributed by atoms with Crippen LogP contribution in [0.5, 0.6) is 0 Å². The standard InChI is InChI=1S/C15H27N3O/c1-11(15(19)17-13-6-7-13)18-9-3-4-12(10-18)14-5-2-8-16-14/h11-14,16H,2-10H2,1H3,(H,17,19). The third-order valence-corrected chi connectivity index (χ3v) is 5.01. The molecule has 0 aromatic rings. The predicted octanol–water partition coefficient (Wildman–Crippen LogP) is 1.12. The number of amides is 1. The highest BCUT2D eigenvalue weighted by Crippen LogP contribution is 2.26. The summed E-state index contributed by atoms with van der Waals surface area (Å²) in [6, 6.07) is 1.22. The summed E-state index contributed by atoms with van der Waals surface area (Å²) in [6.07, 6.45) is 7.55. The lowest BCUT2D eigenvalue weighted by Crippen LogP contribution is -2.52. The van der Waals surface area contributed by atoms with E-state index in [0.29, 0.717) is 12.1 Å². The number of nitrogens with one attached hydrogen (secondary N) is 2. The van der Waals surface area contributed by atoms with E-state index in [9.17, 15) is 4.79 Å². The summed E-state index contributed by atoms with van der Waals surface area (Å²) in [6.45, 7) is 5.43. The van der Waals surface area contributed by atoms with Gasteiger partial charge < -0.3 is 10.6 Å². The van der Waals surface area contributed by atoms with E-state index < -0.39 is 0 Å². The van der Waals surface area contributed by atoms with E-state index in [-0.39, 0.29) is 11.9 Å². The Morgan fingerprint density at radius 2 is 2.11 bits per heavy atom. The molecule has 3 unspecified atom stereocenters. The van der Waals surface area contributed by atoms with Crippen LogP contribution in [-0.4, -0.2) is 48.6 Å². The summed E-state index contributed by atoms with van der Waals surface area (Å²) in [4.78, 5) is 14.5. The zero-order valence-corrected chi connectivity index (χ0v) is 12.0. The molecule has 2 heterocycles. The van der Waals surface area contributed by atoms with Crippen molar-refractivity contribution in [2.45, 2.75) is 63.6 Å². The topological polar surface area (TPSA) is 44.4 Å². The van der Waals surface area contributed by atoms with E-state index in [1.807, 2.05) is 0 Å². The Morgan fingerprint density at radius 3 is 2.79 bits per heavy atom. The fourth-order valence-corrected chi connectivity index (χ4v) is 3.55. The molecule has 1 saturated carbocycles. The van der Waals surface area contributed by atoms with E-state index in [2.05, 4.69) is 22.5 Å². The molecule has 3 rings (SSSR count). The first-order chi connectivity index (χ1) is 9.24. The van der Waals surface area contributed by atoms with Crippen LogP contribution in [0.2, 0.25) is 0 Å². The average molecular weight is 265 g/mol. The molecule has 2 aliphatic heterocycles. The smallest absolute Gasteiger partial charge is 0.237 e. The van der Waals surface area contributed by atoms with E-state index in [1.165, 1.54) is 45.1 Å². The third-order valence-electron chi connectivity index (χ3n) is 5.01. The summed E-state index contributed by atoms with van der Waals surface area (Å²) >= 11 is 0. The molecule has 3 aliphatic rings. The van der Waals surface area contributed by atoms with Crippen molar-refractivity contribution in [3.63, 3.8) is 0 Å². The van der Waals surface area contributed by atoms with Gasteiger partial charge in [0.1, 0.15) is 0 Å². The molecule has 108 valence electrons. The molecule has 2 N–H and O–H groups in total. The Bertz CT molecular complexity index is 323. The zero-order valence-electron chi connectivity index (χ0n) is 12.0. The Balaban J connectivity index is 1.52. The van der Waals surface area contributed by atoms with Crippen LogP contribution in [0, 0.1) is 5.92 Å². The second-order valence-corrected chi connectivity index (χ2v) is 6.56. The number of carbonyl (C=O) groups excluding carboxylic acids is 1. The number of hydrogen-bond donors (Lipinski definition) is 2. The first kappa shape index (κ1) is 13.4. The second-order valence-electron chi connectivity index (χ2n) is 6.56. The van der Waals surface area contributed by atoms with Crippen LogP contribution in [0.1, 0.15) is 45.4 Å². The van der Waals surface area contributed by atoms with Crippen LogP contribution < -0.4 is 10.6 Å². The Labute approximate surface area is 116 Å². The molecule has 4 nitrogen and oxygen atoms in total. The van der Waals surface area contributed by atoms with Crippen molar-refractivity contribution in [3.05, 3.63) is 0 Å². The molecule has 0 bridgehead atoms. The summed E-state index contributed by atoms with van der Waals surface area (Å²) in [7, 11) is 0. The highest BCUT2D eigenvalue weighted by molar-refractivity contribution is 5.81. The van der Waals surface area contributed by atoms with Gasteiger partial charge in [-0.05, 0) is 64.5 Å². The normalized spacial score (nSPS) is 34.2. The lowest BCUT2D eigenvalue weighted by molar-refractivity contribution is -0.126. The van der Waals surface area contributed by atoms with Gasteiger partial charge in [-0.15, -0.1) is 0 Å². The van der Waals surface area contributed by atoms with Gasteiger partial charge in [-0.1, -0.05) is 0 Å². The quantitative estimate of drug-likeness (QED) is 0.800. The van der Waals surface area contributed by atoms with Crippen molar-refractivity contribution in [3.8, 4) is 0 Å². The lowest BCUT2D eigenvalue weighted by atomic mass is 9.89. The Morgan fingerprint density at radius 1 is 1.26 bits per heavy atom. The molecule has 1 aliphatic carbocycles. The minimum Gasteiger partial charge on any atom is -0.352 e. The van der Waals surface area contributed by atoms with E-state index >= 15 is 0 Å². The summed E-state index contributed by atoms with van der Waals surface area (Å²) < 4.78 is 0. The van der Waals surface area contributed by atoms with Gasteiger partial charge in [-0.2, -0.15) is 0 Å². The van der Waals surface area contributed by atoms with Crippen LogP contribution in [0.25, 0.3) is 0 Å². The maximum Gasteiger partial charge on any atom is 0.237 e. The van der Waals surface area contributed by atoms with Gasteiger partial charge in [0.25, 0.3) is 0 Å². The molecule has 3 fully saturated rings. The van der Waals surface area contributed by atoms with Crippen molar-refractivity contribution < 1.29 is 4.79 Å². The van der Waals surface area contributed by atoms with Gasteiger partial charge in [0.05, 0.1) is 6.04 Å². The van der Waals surface area contributed by atoms with Gasteiger partial charge in [0.2, 0.25) is 5.91 Å². The van der Waals surface area contributed by atoms with E-state index in [4.69, 9.17) is 0 Å². The van der Waals surface area contributed by atoms with Crippen molar-refractivity contribution >= 4 is 5.91 Å². The summed E-state index contributed by atoms with van der Waals surface area (Å²) in [5, 5.41) is 6.77. The number of carbonyl (C=O) groups is 1. The van der Waals surface area contributed by atoms with Crippen LogP contribution in [0.3, 0.4) is 0 Å². The summed E-state index contributed by atoms with van der Waals surface area (Å²) in [5.74, 6) is 0.981. The largest absolute Gasteiger partial charge is 0.352 e. The molecule has 0 aromatic carbocycles. The lowest BCUT2D eigenvalue weighted by Gasteiger charge is -2.38. The van der Waals surface area contributed by atoms with Crippen LogP contribution in [-0.2, 0) is 4.79 Å². The number of piperidine rings is 1. The molecule has 0 aromatic heterocycles. The van der Waals surface area contributed by atoms with Gasteiger partial charge in [0, 0.05) is 18.6 Å². The van der Waals surface area contributed by atoms with Crippen molar-refractivity contribution in [1.82, 2.24) is 15.5 Å². The Kier molecular flexibility index (Phi) is 4.08. The predicted molar refractivity (Wildman–Crippen MR) is 75.9 cm³/mol. The number of nitrogens with zero attached hydrogens (tertiary/aromatic N) is 1. The van der Waals surface area contributed by atoms with E-state index in [0.717, 1.165) is 19.0 Å². The molecule has 19 heavy (non-hydrogen) atoms. The molecule has 4 heteroatoms. The SMILES string of the molecule is CC(C(=O)NC1CC1)N1CCCC(C2CCCN2)C1. The monoisotopic (exact) mass is 265 g/mol. The zero-order chi connectivity index (χ0) is 13.2. The highest BCUT2D eigenvalue weighted by Gasteiger charge is 2.33. The van der Waals surface area contributed by atoms with Crippen LogP contribution in [0.4, 0.5) is 0 Å². The maximum absolute atomic E-state index is 12.2. The van der Waals surface area contributed by atoms with Crippen LogP contribution in [0.15, 0.2) is 0 Å². The minimum absolute atomic E-state index is 0.0461. The molecular weight excluding hydrogens is 238 g/mol. The van der Waals surface area contributed by atoms with E-state index in [1.54, 1.807) is 0 Å².